The molecule has 0 spiro atoms. The molecule has 3 rings (SSSR count). The van der Waals surface area contributed by atoms with E-state index >= 15 is 0 Å². The largest absolute Gasteiger partial charge is 0.508 e. The highest BCUT2D eigenvalue weighted by Crippen LogP contribution is 2.42. The van der Waals surface area contributed by atoms with Gasteiger partial charge in [-0.2, -0.15) is 13.2 Å². The van der Waals surface area contributed by atoms with Crippen molar-refractivity contribution in [2.75, 3.05) is 13.1 Å². The molecule has 0 bridgehead atoms. The number of rotatable bonds is 1. The van der Waals surface area contributed by atoms with Gasteiger partial charge in [-0.15, -0.1) is 0 Å². The summed E-state index contributed by atoms with van der Waals surface area (Å²) >= 11 is 6.19. The maximum atomic E-state index is 10.7. The number of amides is 1. The van der Waals surface area contributed by atoms with Crippen LogP contribution >= 0.6 is 11.6 Å². The van der Waals surface area contributed by atoms with Gasteiger partial charge in [0.2, 0.25) is 0 Å². The molecule has 0 aliphatic carbocycles. The van der Waals surface area contributed by atoms with E-state index in [-0.39, 0.29) is 28.2 Å². The molecular formula is C18H18ClF3N2O4. The van der Waals surface area contributed by atoms with Crippen molar-refractivity contribution in [1.29, 1.82) is 0 Å². The topological polar surface area (TPSA) is 116 Å². The molecule has 1 aliphatic heterocycles. The Kier molecular flexibility index (Phi) is 6.63. The smallest absolute Gasteiger partial charge is 0.470 e. The maximum absolute atomic E-state index is 10.7. The summed E-state index contributed by atoms with van der Waals surface area (Å²) in [6, 6.07) is 8.58. The average Bonchev–Trinajstić information content (AvgIpc) is 2.83. The Morgan fingerprint density at radius 1 is 1.18 bits per heavy atom. The average molecular weight is 419 g/mol. The molecule has 0 saturated carbocycles. The van der Waals surface area contributed by atoms with Gasteiger partial charge in [0, 0.05) is 12.5 Å². The highest BCUT2D eigenvalue weighted by atomic mass is 35.5. The van der Waals surface area contributed by atoms with Crippen LogP contribution in [0.2, 0.25) is 5.02 Å². The number of hydrogen-bond donors (Lipinski definition) is 5. The summed E-state index contributed by atoms with van der Waals surface area (Å²) in [5, 5.41) is 32.7. The van der Waals surface area contributed by atoms with Crippen LogP contribution in [0.4, 0.5) is 13.2 Å². The number of nitrogens with one attached hydrogen (secondary N) is 1. The van der Waals surface area contributed by atoms with E-state index in [9.17, 15) is 28.5 Å². The number of halogens is 4. The predicted molar refractivity (Wildman–Crippen MR) is 96.6 cm³/mol. The monoisotopic (exact) mass is 418 g/mol. The predicted octanol–water partition coefficient (Wildman–Crippen LogP) is 2.77. The molecule has 0 aromatic heterocycles. The fourth-order valence-corrected chi connectivity index (χ4v) is 3.12. The van der Waals surface area contributed by atoms with Gasteiger partial charge in [0.15, 0.2) is 11.5 Å². The maximum Gasteiger partial charge on any atom is 0.470 e. The zero-order valence-corrected chi connectivity index (χ0v) is 15.2. The summed E-state index contributed by atoms with van der Waals surface area (Å²) in [5.74, 6) is -2.50. The van der Waals surface area contributed by atoms with Gasteiger partial charge in [0.05, 0.1) is 5.02 Å². The molecule has 1 amide bonds. The lowest BCUT2D eigenvalue weighted by Crippen LogP contribution is -2.30. The molecule has 0 saturated heterocycles. The van der Waals surface area contributed by atoms with Gasteiger partial charge >= 0.3 is 12.1 Å². The Labute approximate surface area is 163 Å². The Balaban J connectivity index is 0.000000345. The van der Waals surface area contributed by atoms with E-state index in [1.165, 1.54) is 0 Å². The number of benzene rings is 2. The summed E-state index contributed by atoms with van der Waals surface area (Å²) in [7, 11) is 0. The molecule has 0 fully saturated rings. The van der Waals surface area contributed by atoms with E-state index in [4.69, 9.17) is 16.4 Å². The van der Waals surface area contributed by atoms with Crippen molar-refractivity contribution < 1.29 is 33.3 Å². The van der Waals surface area contributed by atoms with Crippen LogP contribution in [0.25, 0.3) is 0 Å². The summed E-state index contributed by atoms with van der Waals surface area (Å²) in [6.45, 7) is 1.46. The number of fused-ring (bicyclic) bond motifs is 1. The van der Waals surface area contributed by atoms with Gasteiger partial charge in [0.1, 0.15) is 5.75 Å². The minimum atomic E-state index is -4.86. The SMILES string of the molecule is NC(=O)C(F)(F)F.Oc1ccc(C2CNCCc3c2cc(O)c(O)c3Cl)cc1. The standard InChI is InChI=1S/C16H16ClNO3.C2H2F3NO/c17-15-11-5-6-18-8-13(9-1-3-10(19)4-2-9)12(11)7-14(20)16(15)21;3-2(4,5)1(6)7/h1-4,7,13,18-21H,5-6,8H2;(H2,6,7). The third-order valence-corrected chi connectivity index (χ3v) is 4.61. The second-order valence-corrected chi connectivity index (χ2v) is 6.46. The molecule has 6 nitrogen and oxygen atoms in total. The first kappa shape index (κ1) is 21.6. The minimum absolute atomic E-state index is 0.00657. The van der Waals surface area contributed by atoms with Crippen LogP contribution in [-0.4, -0.2) is 40.5 Å². The van der Waals surface area contributed by atoms with Gasteiger partial charge < -0.3 is 26.4 Å². The van der Waals surface area contributed by atoms with Gasteiger partial charge in [-0.1, -0.05) is 23.7 Å². The van der Waals surface area contributed by atoms with Crippen LogP contribution in [-0.2, 0) is 11.2 Å². The lowest BCUT2D eigenvalue weighted by Gasteiger charge is -2.20. The molecule has 1 atom stereocenters. The number of phenolic OH excluding ortho intramolecular Hbond substituents is 3. The van der Waals surface area contributed by atoms with E-state index < -0.39 is 12.1 Å². The first-order chi connectivity index (χ1) is 13.0. The quantitative estimate of drug-likeness (QED) is 0.457. The molecule has 10 heteroatoms. The normalized spacial score (nSPS) is 16.4. The zero-order valence-electron chi connectivity index (χ0n) is 14.4. The molecular weight excluding hydrogens is 401 g/mol. The van der Waals surface area contributed by atoms with Crippen molar-refractivity contribution in [3.05, 3.63) is 52.0 Å². The third-order valence-electron chi connectivity index (χ3n) is 4.21. The van der Waals surface area contributed by atoms with Crippen LogP contribution in [0, 0.1) is 0 Å². The fraction of sp³-hybridized carbons (Fsp3) is 0.278. The number of hydrogen-bond acceptors (Lipinski definition) is 5. The van der Waals surface area contributed by atoms with Crippen LogP contribution in [0.15, 0.2) is 30.3 Å². The molecule has 6 N–H and O–H groups in total. The number of aromatic hydroxyl groups is 3. The van der Waals surface area contributed by atoms with E-state index in [1.54, 1.807) is 18.2 Å². The summed E-state index contributed by atoms with van der Waals surface area (Å²) in [6.07, 6.45) is -4.17. The minimum Gasteiger partial charge on any atom is -0.508 e. The molecule has 1 aliphatic rings. The van der Waals surface area contributed by atoms with E-state index in [0.29, 0.717) is 13.0 Å². The summed E-state index contributed by atoms with van der Waals surface area (Å²) in [5.41, 5.74) is 6.59. The van der Waals surface area contributed by atoms with Crippen molar-refractivity contribution in [2.24, 2.45) is 5.73 Å². The molecule has 1 unspecified atom stereocenters. The van der Waals surface area contributed by atoms with Crippen molar-refractivity contribution >= 4 is 17.5 Å². The molecule has 2 aromatic carbocycles. The first-order valence-corrected chi connectivity index (χ1v) is 8.49. The van der Waals surface area contributed by atoms with Gasteiger partial charge in [0.25, 0.3) is 0 Å². The number of primary amides is 1. The van der Waals surface area contributed by atoms with Crippen LogP contribution in [0.1, 0.15) is 22.6 Å². The second kappa shape index (κ2) is 8.57. The lowest BCUT2D eigenvalue weighted by atomic mass is 9.87. The molecule has 0 radical (unpaired) electrons. The van der Waals surface area contributed by atoms with Crippen LogP contribution in [0.3, 0.4) is 0 Å². The lowest BCUT2D eigenvalue weighted by molar-refractivity contribution is -0.169. The Morgan fingerprint density at radius 2 is 1.75 bits per heavy atom. The second-order valence-electron chi connectivity index (χ2n) is 6.09. The molecule has 2 aromatic rings. The number of carbonyl (C=O) groups is 1. The molecule has 1 heterocycles. The van der Waals surface area contributed by atoms with Gasteiger partial charge in [-0.3, -0.25) is 4.79 Å². The van der Waals surface area contributed by atoms with Crippen molar-refractivity contribution in [1.82, 2.24) is 5.32 Å². The summed E-state index contributed by atoms with van der Waals surface area (Å²) in [4.78, 5) is 9.12. The highest BCUT2D eigenvalue weighted by molar-refractivity contribution is 6.33. The number of carbonyl (C=O) groups excluding carboxylic acids is 1. The highest BCUT2D eigenvalue weighted by Gasteiger charge is 2.35. The Morgan fingerprint density at radius 3 is 2.29 bits per heavy atom. The number of phenols is 3. The zero-order chi connectivity index (χ0) is 21.1. The first-order valence-electron chi connectivity index (χ1n) is 8.11. The van der Waals surface area contributed by atoms with E-state index in [0.717, 1.165) is 23.2 Å². The Bertz CT molecular complexity index is 857. The van der Waals surface area contributed by atoms with Crippen LogP contribution in [0.5, 0.6) is 17.2 Å². The van der Waals surface area contributed by atoms with Gasteiger partial charge in [-0.25, -0.2) is 0 Å². The number of nitrogens with two attached hydrogens (primary N) is 1. The van der Waals surface area contributed by atoms with Crippen molar-refractivity contribution in [2.45, 2.75) is 18.5 Å². The molecule has 152 valence electrons. The third kappa shape index (κ3) is 4.99. The van der Waals surface area contributed by atoms with E-state index in [2.05, 4.69) is 11.1 Å². The van der Waals surface area contributed by atoms with Crippen LogP contribution < -0.4 is 11.1 Å². The summed E-state index contributed by atoms with van der Waals surface area (Å²) < 4.78 is 32.1. The fourth-order valence-electron chi connectivity index (χ4n) is 2.82. The number of alkyl halides is 3. The van der Waals surface area contributed by atoms with Crippen molar-refractivity contribution in [3.63, 3.8) is 0 Å². The van der Waals surface area contributed by atoms with Gasteiger partial charge in [-0.05, 0) is 47.9 Å². The molecule has 28 heavy (non-hydrogen) atoms. The van der Waals surface area contributed by atoms with Crippen molar-refractivity contribution in [3.8, 4) is 17.2 Å². The Hall–Kier alpha value is -2.65. The van der Waals surface area contributed by atoms with E-state index in [1.807, 2.05) is 12.1 Å².